The Morgan fingerprint density at radius 1 is 0.952 bits per heavy atom. The molecule has 0 fully saturated rings. The van der Waals surface area contributed by atoms with Crippen LogP contribution in [0.25, 0.3) is 0 Å². The Hall–Kier alpha value is -2.29. The first-order chi connectivity index (χ1) is 10.0. The number of halogens is 1. The van der Waals surface area contributed by atoms with Crippen LogP contribution < -0.4 is 0 Å². The molecule has 0 amide bonds. The molecule has 0 heterocycles. The lowest BCUT2D eigenvalue weighted by atomic mass is 9.80. The molecule has 0 saturated heterocycles. The molecule has 0 radical (unpaired) electrons. The van der Waals surface area contributed by atoms with Gasteiger partial charge in [-0.3, -0.25) is 9.59 Å². The predicted octanol–water partition coefficient (Wildman–Crippen LogP) is 4.02. The summed E-state index contributed by atoms with van der Waals surface area (Å²) >= 11 is 0. The molecule has 0 N–H and O–H groups in total. The molecule has 0 aliphatic carbocycles. The number of hydrogen-bond donors (Lipinski definition) is 0. The molecule has 21 heavy (non-hydrogen) atoms. The second-order valence-electron chi connectivity index (χ2n) is 5.16. The molecule has 0 spiro atoms. The van der Waals surface area contributed by atoms with Crippen LogP contribution in [0.1, 0.15) is 35.7 Å². The van der Waals surface area contributed by atoms with Crippen LogP contribution in [0, 0.1) is 11.7 Å². The third kappa shape index (κ3) is 3.43. The molecule has 2 unspecified atom stereocenters. The van der Waals surface area contributed by atoms with Gasteiger partial charge in [0.25, 0.3) is 0 Å². The summed E-state index contributed by atoms with van der Waals surface area (Å²) in [4.78, 5) is 24.5. The standard InChI is InChI=1S/C18H17FO2/c1-12(14-8-10-16(19)11-9-14)17(13(2)20)18(21)15-6-4-3-5-7-15/h3-12,17H,1-2H3. The quantitative estimate of drug-likeness (QED) is 0.614. The van der Waals surface area contributed by atoms with Crippen LogP contribution in [0.4, 0.5) is 4.39 Å². The van der Waals surface area contributed by atoms with Crippen LogP contribution >= 0.6 is 0 Å². The highest BCUT2D eigenvalue weighted by Crippen LogP contribution is 2.28. The van der Waals surface area contributed by atoms with Gasteiger partial charge in [-0.25, -0.2) is 4.39 Å². The van der Waals surface area contributed by atoms with E-state index in [0.29, 0.717) is 5.56 Å². The summed E-state index contributed by atoms with van der Waals surface area (Å²) in [5.41, 5.74) is 1.30. The van der Waals surface area contributed by atoms with Crippen LogP contribution in [0.15, 0.2) is 54.6 Å². The van der Waals surface area contributed by atoms with Gasteiger partial charge >= 0.3 is 0 Å². The second-order valence-corrected chi connectivity index (χ2v) is 5.16. The minimum atomic E-state index is -0.752. The first-order valence-electron chi connectivity index (χ1n) is 6.86. The van der Waals surface area contributed by atoms with E-state index >= 15 is 0 Å². The van der Waals surface area contributed by atoms with Crippen molar-refractivity contribution in [3.05, 3.63) is 71.5 Å². The molecule has 2 aromatic rings. The van der Waals surface area contributed by atoms with Gasteiger partial charge in [0.15, 0.2) is 5.78 Å². The Morgan fingerprint density at radius 3 is 2.05 bits per heavy atom. The lowest BCUT2D eigenvalue weighted by Gasteiger charge is -2.21. The first-order valence-corrected chi connectivity index (χ1v) is 6.86. The fourth-order valence-corrected chi connectivity index (χ4v) is 2.50. The summed E-state index contributed by atoms with van der Waals surface area (Å²) in [5, 5.41) is 0. The maximum absolute atomic E-state index is 13.0. The zero-order chi connectivity index (χ0) is 15.4. The molecule has 2 atom stereocenters. The highest BCUT2D eigenvalue weighted by atomic mass is 19.1. The smallest absolute Gasteiger partial charge is 0.173 e. The number of rotatable bonds is 5. The predicted molar refractivity (Wildman–Crippen MR) is 79.8 cm³/mol. The third-order valence-corrected chi connectivity index (χ3v) is 3.67. The summed E-state index contributed by atoms with van der Waals surface area (Å²) in [5.74, 6) is -1.76. The molecule has 2 aromatic carbocycles. The van der Waals surface area contributed by atoms with Gasteiger partial charge in [0.2, 0.25) is 0 Å². The van der Waals surface area contributed by atoms with Gasteiger partial charge in [0.05, 0.1) is 5.92 Å². The third-order valence-electron chi connectivity index (χ3n) is 3.67. The van der Waals surface area contributed by atoms with Crippen LogP contribution in [0.3, 0.4) is 0 Å². The fraction of sp³-hybridized carbons (Fsp3) is 0.222. The van der Waals surface area contributed by atoms with Crippen molar-refractivity contribution in [1.29, 1.82) is 0 Å². The topological polar surface area (TPSA) is 34.1 Å². The Kier molecular flexibility index (Phi) is 4.63. The van der Waals surface area contributed by atoms with Crippen LogP contribution in [-0.4, -0.2) is 11.6 Å². The molecule has 2 rings (SSSR count). The molecular weight excluding hydrogens is 267 g/mol. The van der Waals surface area contributed by atoms with Gasteiger partial charge in [0, 0.05) is 5.56 Å². The van der Waals surface area contributed by atoms with Gasteiger partial charge in [-0.05, 0) is 30.5 Å². The zero-order valence-electron chi connectivity index (χ0n) is 12.0. The van der Waals surface area contributed by atoms with Gasteiger partial charge in [-0.2, -0.15) is 0 Å². The minimum absolute atomic E-state index is 0.180. The van der Waals surface area contributed by atoms with Crippen LogP contribution in [0.2, 0.25) is 0 Å². The van der Waals surface area contributed by atoms with E-state index in [0.717, 1.165) is 5.56 Å². The molecule has 0 aromatic heterocycles. The van der Waals surface area contributed by atoms with E-state index in [-0.39, 0.29) is 23.3 Å². The number of carbonyl (C=O) groups is 2. The number of Topliss-reactive ketones (excluding diaryl/α,β-unsaturated/α-hetero) is 2. The van der Waals surface area contributed by atoms with E-state index in [1.165, 1.54) is 19.1 Å². The molecule has 2 nitrogen and oxygen atoms in total. The highest BCUT2D eigenvalue weighted by molar-refractivity contribution is 6.10. The fourth-order valence-electron chi connectivity index (χ4n) is 2.50. The molecule has 0 bridgehead atoms. The monoisotopic (exact) mass is 284 g/mol. The molecule has 3 heteroatoms. The summed E-state index contributed by atoms with van der Waals surface area (Å²) in [6.07, 6.45) is 0. The summed E-state index contributed by atoms with van der Waals surface area (Å²) in [7, 11) is 0. The van der Waals surface area contributed by atoms with Crippen molar-refractivity contribution in [1.82, 2.24) is 0 Å². The van der Waals surface area contributed by atoms with Crippen molar-refractivity contribution in [2.24, 2.45) is 5.92 Å². The normalized spacial score (nSPS) is 13.5. The molecule has 108 valence electrons. The number of hydrogen-bond acceptors (Lipinski definition) is 2. The van der Waals surface area contributed by atoms with Gasteiger partial charge in [-0.1, -0.05) is 49.4 Å². The number of carbonyl (C=O) groups excluding carboxylic acids is 2. The average molecular weight is 284 g/mol. The largest absolute Gasteiger partial charge is 0.299 e. The van der Waals surface area contributed by atoms with Crippen molar-refractivity contribution in [3.8, 4) is 0 Å². The number of ketones is 2. The van der Waals surface area contributed by atoms with E-state index in [4.69, 9.17) is 0 Å². The van der Waals surface area contributed by atoms with E-state index in [9.17, 15) is 14.0 Å². The number of benzene rings is 2. The van der Waals surface area contributed by atoms with Crippen molar-refractivity contribution >= 4 is 11.6 Å². The highest BCUT2D eigenvalue weighted by Gasteiger charge is 2.31. The summed E-state index contributed by atoms with van der Waals surface area (Å²) in [6, 6.07) is 14.7. The van der Waals surface area contributed by atoms with Gasteiger partial charge in [-0.15, -0.1) is 0 Å². The van der Waals surface area contributed by atoms with Gasteiger partial charge in [0.1, 0.15) is 11.6 Å². The summed E-state index contributed by atoms with van der Waals surface area (Å²) in [6.45, 7) is 3.24. The Bertz CT molecular complexity index is 632. The maximum atomic E-state index is 13.0. The lowest BCUT2D eigenvalue weighted by Crippen LogP contribution is -2.27. The van der Waals surface area contributed by atoms with E-state index < -0.39 is 5.92 Å². The van der Waals surface area contributed by atoms with Crippen molar-refractivity contribution in [3.63, 3.8) is 0 Å². The van der Waals surface area contributed by atoms with Crippen molar-refractivity contribution in [2.45, 2.75) is 19.8 Å². The van der Waals surface area contributed by atoms with E-state index in [1.54, 1.807) is 36.4 Å². The van der Waals surface area contributed by atoms with Crippen molar-refractivity contribution < 1.29 is 14.0 Å². The maximum Gasteiger partial charge on any atom is 0.173 e. The van der Waals surface area contributed by atoms with E-state index in [1.807, 2.05) is 13.0 Å². The Balaban J connectivity index is 2.33. The molecule has 0 aliphatic heterocycles. The van der Waals surface area contributed by atoms with Crippen LogP contribution in [-0.2, 0) is 4.79 Å². The Morgan fingerprint density at radius 2 is 1.52 bits per heavy atom. The first kappa shape index (κ1) is 15.1. The van der Waals surface area contributed by atoms with Gasteiger partial charge < -0.3 is 0 Å². The lowest BCUT2D eigenvalue weighted by molar-refractivity contribution is -0.119. The summed E-state index contributed by atoms with van der Waals surface area (Å²) < 4.78 is 13.0. The van der Waals surface area contributed by atoms with Crippen LogP contribution in [0.5, 0.6) is 0 Å². The second kappa shape index (κ2) is 6.44. The molecule has 0 aliphatic rings. The molecular formula is C18H17FO2. The molecule has 0 saturated carbocycles. The minimum Gasteiger partial charge on any atom is -0.299 e. The SMILES string of the molecule is CC(=O)C(C(=O)c1ccccc1)C(C)c1ccc(F)cc1. The van der Waals surface area contributed by atoms with Crippen molar-refractivity contribution in [2.75, 3.05) is 0 Å². The zero-order valence-corrected chi connectivity index (χ0v) is 12.0. The van der Waals surface area contributed by atoms with E-state index in [2.05, 4.69) is 0 Å². The Labute approximate surface area is 123 Å². The average Bonchev–Trinajstić information content (AvgIpc) is 2.48.